The van der Waals surface area contributed by atoms with Crippen molar-refractivity contribution in [2.45, 2.75) is 51.9 Å². The van der Waals surface area contributed by atoms with Gasteiger partial charge in [-0.2, -0.15) is 9.90 Å². The van der Waals surface area contributed by atoms with Crippen molar-refractivity contribution in [3.63, 3.8) is 0 Å². The van der Waals surface area contributed by atoms with Gasteiger partial charge >= 0.3 is 0 Å². The minimum atomic E-state index is 0.0904. The third-order valence-corrected chi connectivity index (χ3v) is 3.52. The van der Waals surface area contributed by atoms with Gasteiger partial charge in [0.1, 0.15) is 5.69 Å². The van der Waals surface area contributed by atoms with Crippen LogP contribution in [0, 0.1) is 0 Å². The number of hydrogen-bond donors (Lipinski definition) is 0. The van der Waals surface area contributed by atoms with E-state index in [1.807, 2.05) is 30.3 Å². The van der Waals surface area contributed by atoms with Gasteiger partial charge in [0.15, 0.2) is 5.78 Å². The molecular weight excluding hydrogens is 262 g/mol. The highest BCUT2D eigenvalue weighted by Gasteiger charge is 2.10. The first-order valence-electron chi connectivity index (χ1n) is 7.82. The fourth-order valence-electron chi connectivity index (χ4n) is 2.27. The summed E-state index contributed by atoms with van der Waals surface area (Å²) >= 11 is 0. The fourth-order valence-corrected chi connectivity index (χ4v) is 2.27. The molecule has 0 amide bonds. The summed E-state index contributed by atoms with van der Waals surface area (Å²) in [7, 11) is 0. The van der Waals surface area contributed by atoms with Gasteiger partial charge < -0.3 is 0 Å². The quantitative estimate of drug-likeness (QED) is 0.512. The third kappa shape index (κ3) is 4.81. The average Bonchev–Trinajstić information content (AvgIpc) is 3.01. The Morgan fingerprint density at radius 2 is 1.76 bits per heavy atom. The van der Waals surface area contributed by atoms with Crippen LogP contribution in [0.3, 0.4) is 0 Å². The molecule has 0 aliphatic rings. The minimum absolute atomic E-state index is 0.0904. The molecular formula is C17H23N3O. The maximum Gasteiger partial charge on any atom is 0.184 e. The standard InChI is InChI=1S/C17H23N3O/c1-2-3-4-5-6-10-13-17(21)16-14-18-20(19-16)15-11-8-7-9-12-15/h7-9,11-12,14H,2-6,10,13H2,1H3. The van der Waals surface area contributed by atoms with Gasteiger partial charge in [-0.3, -0.25) is 4.79 Å². The molecule has 0 fully saturated rings. The largest absolute Gasteiger partial charge is 0.292 e. The third-order valence-electron chi connectivity index (χ3n) is 3.52. The summed E-state index contributed by atoms with van der Waals surface area (Å²) in [5.74, 6) is 0.0904. The first-order valence-corrected chi connectivity index (χ1v) is 7.82. The second-order valence-electron chi connectivity index (χ2n) is 5.30. The second-order valence-corrected chi connectivity index (χ2v) is 5.30. The van der Waals surface area contributed by atoms with E-state index >= 15 is 0 Å². The zero-order valence-electron chi connectivity index (χ0n) is 12.7. The van der Waals surface area contributed by atoms with Crippen LogP contribution in [0.5, 0.6) is 0 Å². The number of Topliss-reactive ketones (excluding diaryl/α,β-unsaturated/α-hetero) is 1. The lowest BCUT2D eigenvalue weighted by Gasteiger charge is -1.99. The van der Waals surface area contributed by atoms with Gasteiger partial charge in [-0.15, -0.1) is 5.10 Å². The zero-order chi connectivity index (χ0) is 14.9. The van der Waals surface area contributed by atoms with Crippen molar-refractivity contribution in [1.82, 2.24) is 15.0 Å². The Morgan fingerprint density at radius 1 is 1.05 bits per heavy atom. The number of unbranched alkanes of at least 4 members (excludes halogenated alkanes) is 5. The smallest absolute Gasteiger partial charge is 0.184 e. The second kappa shape index (κ2) is 8.35. The zero-order valence-corrected chi connectivity index (χ0v) is 12.7. The van der Waals surface area contributed by atoms with Gasteiger partial charge in [0.05, 0.1) is 11.9 Å². The van der Waals surface area contributed by atoms with Crippen molar-refractivity contribution in [2.24, 2.45) is 0 Å². The molecule has 1 aromatic carbocycles. The number of aromatic nitrogens is 3. The van der Waals surface area contributed by atoms with E-state index in [9.17, 15) is 4.79 Å². The van der Waals surface area contributed by atoms with Crippen molar-refractivity contribution >= 4 is 5.78 Å². The van der Waals surface area contributed by atoms with Crippen LogP contribution in [0.25, 0.3) is 5.69 Å². The number of carbonyl (C=O) groups is 1. The normalized spacial score (nSPS) is 10.7. The molecule has 0 aliphatic heterocycles. The Bertz CT molecular complexity index is 548. The highest BCUT2D eigenvalue weighted by atomic mass is 16.1. The molecule has 0 unspecified atom stereocenters. The maximum atomic E-state index is 12.1. The number of rotatable bonds is 9. The van der Waals surface area contributed by atoms with Gasteiger partial charge in [0, 0.05) is 6.42 Å². The number of hydrogen-bond acceptors (Lipinski definition) is 3. The number of nitrogens with zero attached hydrogens (tertiary/aromatic N) is 3. The molecule has 21 heavy (non-hydrogen) atoms. The van der Waals surface area contributed by atoms with E-state index in [-0.39, 0.29) is 5.78 Å². The van der Waals surface area contributed by atoms with Crippen molar-refractivity contribution in [1.29, 1.82) is 0 Å². The Kier molecular flexibility index (Phi) is 6.13. The van der Waals surface area contributed by atoms with Gasteiger partial charge in [-0.1, -0.05) is 57.2 Å². The molecule has 0 aliphatic carbocycles. The number of para-hydroxylation sites is 1. The molecule has 0 bridgehead atoms. The monoisotopic (exact) mass is 285 g/mol. The van der Waals surface area contributed by atoms with Gasteiger partial charge in [-0.05, 0) is 18.6 Å². The predicted octanol–water partition coefficient (Wildman–Crippen LogP) is 4.20. The number of benzene rings is 1. The molecule has 0 atom stereocenters. The lowest BCUT2D eigenvalue weighted by atomic mass is 10.1. The maximum absolute atomic E-state index is 12.1. The molecule has 1 heterocycles. The van der Waals surface area contributed by atoms with E-state index in [1.165, 1.54) is 30.5 Å². The molecule has 4 nitrogen and oxygen atoms in total. The molecule has 112 valence electrons. The molecule has 1 aromatic heterocycles. The lowest BCUT2D eigenvalue weighted by molar-refractivity contribution is 0.0974. The summed E-state index contributed by atoms with van der Waals surface area (Å²) in [6.45, 7) is 2.21. The molecule has 4 heteroatoms. The molecule has 0 N–H and O–H groups in total. The molecule has 2 rings (SSSR count). The molecule has 0 spiro atoms. The van der Waals surface area contributed by atoms with E-state index in [2.05, 4.69) is 17.1 Å². The van der Waals surface area contributed by atoms with Crippen LogP contribution in [0.4, 0.5) is 0 Å². The number of ketones is 1. The average molecular weight is 285 g/mol. The number of carbonyl (C=O) groups excluding carboxylic acids is 1. The Morgan fingerprint density at radius 3 is 2.52 bits per heavy atom. The van der Waals surface area contributed by atoms with Crippen molar-refractivity contribution in [3.05, 3.63) is 42.2 Å². The van der Waals surface area contributed by atoms with E-state index in [4.69, 9.17) is 0 Å². The van der Waals surface area contributed by atoms with Crippen LogP contribution in [0.15, 0.2) is 36.5 Å². The predicted molar refractivity (Wildman–Crippen MR) is 83.7 cm³/mol. The van der Waals surface area contributed by atoms with E-state index in [1.54, 1.807) is 6.20 Å². The summed E-state index contributed by atoms with van der Waals surface area (Å²) in [4.78, 5) is 13.6. The van der Waals surface area contributed by atoms with Crippen LogP contribution in [0.2, 0.25) is 0 Å². The Hall–Kier alpha value is -1.97. The summed E-state index contributed by atoms with van der Waals surface area (Å²) < 4.78 is 0. The highest BCUT2D eigenvalue weighted by molar-refractivity contribution is 5.93. The van der Waals surface area contributed by atoms with Crippen LogP contribution in [-0.2, 0) is 0 Å². The van der Waals surface area contributed by atoms with E-state index < -0.39 is 0 Å². The first kappa shape index (κ1) is 15.4. The van der Waals surface area contributed by atoms with Gasteiger partial charge in [0.2, 0.25) is 0 Å². The molecule has 0 saturated carbocycles. The van der Waals surface area contributed by atoms with Gasteiger partial charge in [0.25, 0.3) is 0 Å². The molecule has 0 saturated heterocycles. The van der Waals surface area contributed by atoms with Crippen LogP contribution in [-0.4, -0.2) is 20.8 Å². The summed E-state index contributed by atoms with van der Waals surface area (Å²) in [5, 5.41) is 8.43. The summed E-state index contributed by atoms with van der Waals surface area (Å²) in [5.41, 5.74) is 1.34. The summed E-state index contributed by atoms with van der Waals surface area (Å²) in [6, 6.07) is 9.63. The highest BCUT2D eigenvalue weighted by Crippen LogP contribution is 2.10. The van der Waals surface area contributed by atoms with Crippen molar-refractivity contribution in [3.8, 4) is 5.69 Å². The van der Waals surface area contributed by atoms with Gasteiger partial charge in [-0.25, -0.2) is 0 Å². The van der Waals surface area contributed by atoms with Crippen LogP contribution in [0.1, 0.15) is 62.4 Å². The van der Waals surface area contributed by atoms with Crippen LogP contribution >= 0.6 is 0 Å². The topological polar surface area (TPSA) is 47.8 Å². The Balaban J connectivity index is 1.80. The minimum Gasteiger partial charge on any atom is -0.292 e. The van der Waals surface area contributed by atoms with E-state index in [0.29, 0.717) is 12.1 Å². The van der Waals surface area contributed by atoms with Crippen molar-refractivity contribution < 1.29 is 4.79 Å². The molecule has 0 radical (unpaired) electrons. The van der Waals surface area contributed by atoms with E-state index in [0.717, 1.165) is 18.5 Å². The van der Waals surface area contributed by atoms with Crippen molar-refractivity contribution in [2.75, 3.05) is 0 Å². The lowest BCUT2D eigenvalue weighted by Crippen LogP contribution is -2.03. The Labute approximate surface area is 126 Å². The molecule has 2 aromatic rings. The SMILES string of the molecule is CCCCCCCCC(=O)c1cnn(-c2ccccc2)n1. The first-order chi connectivity index (χ1) is 10.3. The summed E-state index contributed by atoms with van der Waals surface area (Å²) in [6.07, 6.45) is 9.24. The van der Waals surface area contributed by atoms with Crippen LogP contribution < -0.4 is 0 Å². The fraction of sp³-hybridized carbons (Fsp3) is 0.471.